The molecule has 1 aliphatic carbocycles. The molecule has 0 radical (unpaired) electrons. The average Bonchev–Trinajstić information content (AvgIpc) is 2.98. The number of fused-ring (bicyclic) bond motifs is 1. The highest BCUT2D eigenvalue weighted by Crippen LogP contribution is 2.48. The molecule has 5 heteroatoms. The molecule has 0 saturated carbocycles. The Balaban J connectivity index is 1.65. The van der Waals surface area contributed by atoms with Crippen LogP contribution in [0.2, 0.25) is 5.02 Å². The fraction of sp³-hybridized carbons (Fsp3) is 0.290. The highest BCUT2D eigenvalue weighted by molar-refractivity contribution is 6.31. The number of anilines is 2. The number of carbonyl (C=O) groups excluding carboxylic acids is 2. The van der Waals surface area contributed by atoms with Gasteiger partial charge in [0.15, 0.2) is 5.78 Å². The molecular weight excluding hydrogens is 468 g/mol. The van der Waals surface area contributed by atoms with E-state index >= 15 is 0 Å². The Labute approximate surface area is 218 Å². The molecular formula is C31H31ClN2O2. The Hall–Kier alpha value is -3.37. The maximum Gasteiger partial charge on any atom is 0.224 e. The van der Waals surface area contributed by atoms with Gasteiger partial charge in [-0.15, -0.1) is 0 Å². The molecule has 0 spiro atoms. The minimum absolute atomic E-state index is 0.0395. The minimum Gasteiger partial charge on any atom is -0.357 e. The van der Waals surface area contributed by atoms with Crippen molar-refractivity contribution in [1.29, 1.82) is 0 Å². The first kappa shape index (κ1) is 24.3. The number of allylic oxidation sites excluding steroid dienone is 1. The lowest BCUT2D eigenvalue weighted by Crippen LogP contribution is -2.37. The number of amides is 1. The molecule has 0 unspecified atom stereocenters. The normalized spacial score (nSPS) is 19.8. The van der Waals surface area contributed by atoms with Crippen molar-refractivity contribution in [3.05, 3.63) is 106 Å². The first-order valence-corrected chi connectivity index (χ1v) is 12.8. The molecule has 5 rings (SSSR count). The van der Waals surface area contributed by atoms with Crippen LogP contribution < -0.4 is 10.2 Å². The van der Waals surface area contributed by atoms with Gasteiger partial charge < -0.3 is 5.32 Å². The van der Waals surface area contributed by atoms with Crippen LogP contribution in [0.25, 0.3) is 0 Å². The molecule has 3 aromatic carbocycles. The quantitative estimate of drug-likeness (QED) is 0.396. The maximum atomic E-state index is 13.9. The van der Waals surface area contributed by atoms with E-state index in [2.05, 4.69) is 50.4 Å². The van der Waals surface area contributed by atoms with Gasteiger partial charge in [-0.2, -0.15) is 0 Å². The summed E-state index contributed by atoms with van der Waals surface area (Å²) in [5.41, 5.74) is 6.28. The van der Waals surface area contributed by atoms with Crippen LogP contribution in [-0.4, -0.2) is 11.7 Å². The van der Waals surface area contributed by atoms with Crippen molar-refractivity contribution in [2.45, 2.75) is 57.9 Å². The summed E-state index contributed by atoms with van der Waals surface area (Å²) in [5, 5.41) is 4.09. The zero-order valence-corrected chi connectivity index (χ0v) is 21.9. The maximum absolute atomic E-state index is 13.9. The number of halogens is 1. The topological polar surface area (TPSA) is 49.4 Å². The highest BCUT2D eigenvalue weighted by atomic mass is 35.5. The number of benzene rings is 3. The Morgan fingerprint density at radius 3 is 2.28 bits per heavy atom. The molecule has 3 aromatic rings. The summed E-state index contributed by atoms with van der Waals surface area (Å²) in [4.78, 5) is 28.7. The van der Waals surface area contributed by atoms with Gasteiger partial charge >= 0.3 is 0 Å². The largest absolute Gasteiger partial charge is 0.357 e. The van der Waals surface area contributed by atoms with E-state index in [1.165, 1.54) is 5.56 Å². The Morgan fingerprint density at radius 2 is 1.61 bits per heavy atom. The van der Waals surface area contributed by atoms with Crippen molar-refractivity contribution < 1.29 is 9.59 Å². The molecule has 1 N–H and O–H groups in total. The summed E-state index contributed by atoms with van der Waals surface area (Å²) in [7, 11) is 0. The second kappa shape index (κ2) is 9.25. The summed E-state index contributed by atoms with van der Waals surface area (Å²) in [6, 6.07) is 23.3. The number of rotatable bonds is 2. The van der Waals surface area contributed by atoms with Gasteiger partial charge in [0.1, 0.15) is 0 Å². The lowest BCUT2D eigenvalue weighted by Gasteiger charge is -2.35. The molecule has 0 bridgehead atoms. The number of ketones is 1. The molecule has 0 saturated heterocycles. The van der Waals surface area contributed by atoms with Gasteiger partial charge in [-0.05, 0) is 52.6 Å². The van der Waals surface area contributed by atoms with Crippen molar-refractivity contribution >= 4 is 34.7 Å². The second-order valence-corrected chi connectivity index (χ2v) is 11.2. The van der Waals surface area contributed by atoms with Crippen LogP contribution in [0.15, 0.2) is 84.1 Å². The summed E-state index contributed by atoms with van der Waals surface area (Å²) in [6.45, 7) is 8.14. The van der Waals surface area contributed by atoms with Crippen LogP contribution in [0, 0.1) is 0 Å². The fourth-order valence-corrected chi connectivity index (χ4v) is 5.66. The molecule has 1 amide bonds. The third-order valence-electron chi connectivity index (χ3n) is 7.28. The number of para-hydroxylation sites is 2. The zero-order chi connectivity index (χ0) is 25.6. The number of Topliss-reactive ketones (excluding diaryl/α,β-unsaturated/α-hetero) is 1. The zero-order valence-electron chi connectivity index (χ0n) is 21.1. The lowest BCUT2D eigenvalue weighted by molar-refractivity contribution is -0.117. The summed E-state index contributed by atoms with van der Waals surface area (Å²) in [6.07, 6.45) is 1.06. The van der Waals surface area contributed by atoms with Gasteiger partial charge in [0, 0.05) is 29.6 Å². The number of hydrogen-bond acceptors (Lipinski definition) is 3. The van der Waals surface area contributed by atoms with Crippen LogP contribution in [0.1, 0.15) is 69.2 Å². The third kappa shape index (κ3) is 4.35. The molecule has 2 aliphatic rings. The van der Waals surface area contributed by atoms with E-state index in [4.69, 9.17) is 11.6 Å². The van der Waals surface area contributed by atoms with Crippen LogP contribution in [0.4, 0.5) is 11.4 Å². The predicted octanol–water partition coefficient (Wildman–Crippen LogP) is 7.56. The van der Waals surface area contributed by atoms with Crippen molar-refractivity contribution in [2.24, 2.45) is 0 Å². The third-order valence-corrected chi connectivity index (χ3v) is 7.62. The monoisotopic (exact) mass is 498 g/mol. The predicted molar refractivity (Wildman–Crippen MR) is 147 cm³/mol. The smallest absolute Gasteiger partial charge is 0.224 e. The molecule has 184 valence electrons. The number of carbonyl (C=O) groups is 2. The van der Waals surface area contributed by atoms with E-state index in [1.54, 1.807) is 11.8 Å². The number of nitrogens with zero attached hydrogens (tertiary/aromatic N) is 1. The first-order valence-electron chi connectivity index (χ1n) is 12.4. The minimum atomic E-state index is -0.598. The van der Waals surface area contributed by atoms with Gasteiger partial charge in [-0.25, -0.2) is 0 Å². The summed E-state index contributed by atoms with van der Waals surface area (Å²) < 4.78 is 0. The highest BCUT2D eigenvalue weighted by Gasteiger charge is 2.41. The number of nitrogens with one attached hydrogen (secondary N) is 1. The average molecular weight is 499 g/mol. The molecule has 2 atom stereocenters. The van der Waals surface area contributed by atoms with Gasteiger partial charge in [0.25, 0.3) is 0 Å². The van der Waals surface area contributed by atoms with Gasteiger partial charge in [-0.3, -0.25) is 14.5 Å². The molecule has 0 aromatic heterocycles. The summed E-state index contributed by atoms with van der Waals surface area (Å²) in [5.74, 6) is -0.0473. The van der Waals surface area contributed by atoms with E-state index in [-0.39, 0.29) is 23.0 Å². The Kier molecular flexibility index (Phi) is 6.25. The molecule has 0 fully saturated rings. The molecule has 36 heavy (non-hydrogen) atoms. The van der Waals surface area contributed by atoms with Crippen molar-refractivity contribution in [3.8, 4) is 0 Å². The summed E-state index contributed by atoms with van der Waals surface area (Å²) >= 11 is 6.67. The van der Waals surface area contributed by atoms with E-state index in [0.717, 1.165) is 28.2 Å². The second-order valence-electron chi connectivity index (χ2n) is 10.7. The van der Waals surface area contributed by atoms with Crippen LogP contribution in [0.5, 0.6) is 0 Å². The Morgan fingerprint density at radius 1 is 0.944 bits per heavy atom. The van der Waals surface area contributed by atoms with E-state index in [1.807, 2.05) is 48.5 Å². The van der Waals surface area contributed by atoms with E-state index in [9.17, 15) is 9.59 Å². The van der Waals surface area contributed by atoms with Crippen LogP contribution in [0.3, 0.4) is 0 Å². The Bertz CT molecular complexity index is 1370. The van der Waals surface area contributed by atoms with Gasteiger partial charge in [0.05, 0.1) is 17.4 Å². The first-order chi connectivity index (χ1) is 17.1. The standard InChI is InChI=1S/C31H31ClN2O2/c1-19(35)34-27-12-8-7-11-25(27)33-26-17-21(20-13-15-22(16-14-20)31(2,3)4)18-28(36)29(26)30(34)23-9-5-6-10-24(23)32/h5-16,21,30,33H,17-18H2,1-4H3/t21-,30+/m1/s1. The van der Waals surface area contributed by atoms with Crippen molar-refractivity contribution in [2.75, 3.05) is 10.2 Å². The molecule has 1 heterocycles. The molecule has 1 aliphatic heterocycles. The SMILES string of the molecule is CC(=O)N1c2ccccc2NC2=C(C(=O)C[C@H](c3ccc(C(C)(C)C)cc3)C2)[C@@H]1c1ccccc1Cl. The van der Waals surface area contributed by atoms with Crippen molar-refractivity contribution in [3.63, 3.8) is 0 Å². The van der Waals surface area contributed by atoms with Crippen LogP contribution in [-0.2, 0) is 15.0 Å². The molecule has 4 nitrogen and oxygen atoms in total. The van der Waals surface area contributed by atoms with Gasteiger partial charge in [-0.1, -0.05) is 87.0 Å². The van der Waals surface area contributed by atoms with Crippen LogP contribution >= 0.6 is 11.6 Å². The van der Waals surface area contributed by atoms with Crippen molar-refractivity contribution in [1.82, 2.24) is 0 Å². The number of hydrogen-bond donors (Lipinski definition) is 1. The van der Waals surface area contributed by atoms with E-state index < -0.39 is 6.04 Å². The fourth-order valence-electron chi connectivity index (χ4n) is 5.42. The van der Waals surface area contributed by atoms with E-state index in [0.29, 0.717) is 23.4 Å². The van der Waals surface area contributed by atoms with Gasteiger partial charge in [0.2, 0.25) is 5.91 Å². The lowest BCUT2D eigenvalue weighted by atomic mass is 9.77.